The molecule has 1 nitrogen and oxygen atoms in total. The van der Waals surface area contributed by atoms with Crippen molar-refractivity contribution in [2.45, 2.75) is 77.3 Å². The molecule has 1 N–H and O–H groups in total. The summed E-state index contributed by atoms with van der Waals surface area (Å²) in [5, 5.41) is 3.91. The Morgan fingerprint density at radius 3 is 2.20 bits per heavy atom. The van der Waals surface area contributed by atoms with Gasteiger partial charge in [-0.1, -0.05) is 26.7 Å². The first-order chi connectivity index (χ1) is 7.24. The van der Waals surface area contributed by atoms with Crippen LogP contribution >= 0.6 is 0 Å². The summed E-state index contributed by atoms with van der Waals surface area (Å²) in [4.78, 5) is 0. The summed E-state index contributed by atoms with van der Waals surface area (Å²) in [6, 6.07) is 1.68. The lowest BCUT2D eigenvalue weighted by Gasteiger charge is -2.21. The Kier molecular flexibility index (Phi) is 4.07. The van der Waals surface area contributed by atoms with E-state index < -0.39 is 0 Å². The molecule has 2 fully saturated rings. The smallest absolute Gasteiger partial charge is 0.00722 e. The molecule has 0 aromatic carbocycles. The molecule has 4 unspecified atom stereocenters. The average molecular weight is 209 g/mol. The number of hydrogen-bond acceptors (Lipinski definition) is 1. The van der Waals surface area contributed by atoms with Crippen LogP contribution < -0.4 is 5.32 Å². The van der Waals surface area contributed by atoms with E-state index in [0.29, 0.717) is 0 Å². The molecule has 1 heteroatoms. The zero-order chi connectivity index (χ0) is 10.7. The molecule has 88 valence electrons. The van der Waals surface area contributed by atoms with E-state index in [2.05, 4.69) is 19.2 Å². The van der Waals surface area contributed by atoms with Crippen LogP contribution in [0, 0.1) is 11.8 Å². The van der Waals surface area contributed by atoms with Crippen LogP contribution in [0.25, 0.3) is 0 Å². The molecular formula is C14H27N. The van der Waals surface area contributed by atoms with Crippen LogP contribution in [0.4, 0.5) is 0 Å². The van der Waals surface area contributed by atoms with Gasteiger partial charge in [0.2, 0.25) is 0 Å². The van der Waals surface area contributed by atoms with Crippen molar-refractivity contribution < 1.29 is 0 Å². The summed E-state index contributed by atoms with van der Waals surface area (Å²) in [7, 11) is 0. The predicted octanol–water partition coefficient (Wildman–Crippen LogP) is 3.73. The first kappa shape index (κ1) is 11.4. The lowest BCUT2D eigenvalue weighted by atomic mass is 10.0. The topological polar surface area (TPSA) is 12.0 Å². The van der Waals surface area contributed by atoms with Gasteiger partial charge in [0, 0.05) is 12.1 Å². The van der Waals surface area contributed by atoms with Crippen molar-refractivity contribution in [3.63, 3.8) is 0 Å². The molecule has 4 atom stereocenters. The Morgan fingerprint density at radius 1 is 0.733 bits per heavy atom. The maximum atomic E-state index is 3.91. The fourth-order valence-corrected chi connectivity index (χ4v) is 3.35. The van der Waals surface area contributed by atoms with Crippen molar-refractivity contribution in [1.82, 2.24) is 5.32 Å². The van der Waals surface area contributed by atoms with Gasteiger partial charge in [0.15, 0.2) is 0 Å². The maximum absolute atomic E-state index is 3.91. The Morgan fingerprint density at radius 2 is 1.47 bits per heavy atom. The van der Waals surface area contributed by atoms with Crippen molar-refractivity contribution in [2.24, 2.45) is 11.8 Å². The van der Waals surface area contributed by atoms with E-state index >= 15 is 0 Å². The van der Waals surface area contributed by atoms with Crippen LogP contribution in [0.2, 0.25) is 0 Å². The van der Waals surface area contributed by atoms with Crippen LogP contribution in [-0.4, -0.2) is 12.1 Å². The van der Waals surface area contributed by atoms with Crippen LogP contribution in [0.3, 0.4) is 0 Å². The molecule has 0 saturated heterocycles. The first-order valence-corrected chi connectivity index (χ1v) is 7.00. The second-order valence-corrected chi connectivity index (χ2v) is 6.09. The Hall–Kier alpha value is -0.0400. The summed E-state index contributed by atoms with van der Waals surface area (Å²) in [6.07, 6.45) is 11.5. The van der Waals surface area contributed by atoms with Gasteiger partial charge in [-0.05, 0) is 50.4 Å². The number of rotatable bonds is 2. The minimum absolute atomic E-state index is 0.838. The third-order valence-corrected chi connectivity index (χ3v) is 4.42. The normalized spacial score (nSPS) is 42.8. The van der Waals surface area contributed by atoms with Crippen LogP contribution in [-0.2, 0) is 0 Å². The number of nitrogens with one attached hydrogen (secondary N) is 1. The second-order valence-electron chi connectivity index (χ2n) is 6.09. The molecule has 0 aromatic rings. The summed E-state index contributed by atoms with van der Waals surface area (Å²) in [6.45, 7) is 4.82. The molecule has 0 amide bonds. The van der Waals surface area contributed by atoms with Gasteiger partial charge in [-0.2, -0.15) is 0 Å². The summed E-state index contributed by atoms with van der Waals surface area (Å²) < 4.78 is 0. The van der Waals surface area contributed by atoms with E-state index in [1.807, 2.05) is 0 Å². The van der Waals surface area contributed by atoms with E-state index in [4.69, 9.17) is 0 Å². The van der Waals surface area contributed by atoms with Crippen molar-refractivity contribution in [3.8, 4) is 0 Å². The van der Waals surface area contributed by atoms with Gasteiger partial charge in [0.05, 0.1) is 0 Å². The molecule has 2 saturated carbocycles. The van der Waals surface area contributed by atoms with Gasteiger partial charge in [-0.25, -0.2) is 0 Å². The molecule has 15 heavy (non-hydrogen) atoms. The van der Waals surface area contributed by atoms with Gasteiger partial charge in [-0.3, -0.25) is 0 Å². The summed E-state index contributed by atoms with van der Waals surface area (Å²) in [5.41, 5.74) is 0. The van der Waals surface area contributed by atoms with Gasteiger partial charge >= 0.3 is 0 Å². The molecule has 2 aliphatic rings. The third-order valence-electron chi connectivity index (χ3n) is 4.42. The highest BCUT2D eigenvalue weighted by Crippen LogP contribution is 2.28. The van der Waals surface area contributed by atoms with Crippen LogP contribution in [0.5, 0.6) is 0 Å². The molecular weight excluding hydrogens is 182 g/mol. The van der Waals surface area contributed by atoms with Gasteiger partial charge < -0.3 is 5.32 Å². The fraction of sp³-hybridized carbons (Fsp3) is 1.00. The molecule has 0 heterocycles. The highest BCUT2D eigenvalue weighted by molar-refractivity contribution is 4.83. The largest absolute Gasteiger partial charge is 0.311 e. The van der Waals surface area contributed by atoms with E-state index in [-0.39, 0.29) is 0 Å². The Balaban J connectivity index is 1.74. The van der Waals surface area contributed by atoms with E-state index in [0.717, 1.165) is 23.9 Å². The standard InChI is InChI=1S/C14H27N/c1-11-4-3-5-13(8-6-11)15-14-9-7-12(2)10-14/h11-15H,3-10H2,1-2H3. The van der Waals surface area contributed by atoms with Crippen LogP contribution in [0.1, 0.15) is 65.2 Å². The summed E-state index contributed by atoms with van der Waals surface area (Å²) >= 11 is 0. The van der Waals surface area contributed by atoms with Gasteiger partial charge in [0.1, 0.15) is 0 Å². The second kappa shape index (κ2) is 5.34. The zero-order valence-electron chi connectivity index (χ0n) is 10.5. The molecule has 2 aliphatic carbocycles. The zero-order valence-corrected chi connectivity index (χ0v) is 10.5. The van der Waals surface area contributed by atoms with E-state index in [9.17, 15) is 0 Å². The SMILES string of the molecule is CC1CCCC(NC2CCC(C)C2)CC1. The maximum Gasteiger partial charge on any atom is 0.00722 e. The van der Waals surface area contributed by atoms with Crippen LogP contribution in [0.15, 0.2) is 0 Å². The van der Waals surface area contributed by atoms with Crippen molar-refractivity contribution in [3.05, 3.63) is 0 Å². The highest BCUT2D eigenvalue weighted by Gasteiger charge is 2.24. The van der Waals surface area contributed by atoms with Crippen molar-refractivity contribution in [2.75, 3.05) is 0 Å². The molecule has 0 bridgehead atoms. The molecule has 0 radical (unpaired) electrons. The Labute approximate surface area is 95.0 Å². The van der Waals surface area contributed by atoms with Gasteiger partial charge in [0.25, 0.3) is 0 Å². The monoisotopic (exact) mass is 209 g/mol. The molecule has 0 spiro atoms. The highest BCUT2D eigenvalue weighted by atomic mass is 15.0. The minimum atomic E-state index is 0.838. The van der Waals surface area contributed by atoms with Gasteiger partial charge in [-0.15, -0.1) is 0 Å². The number of hydrogen-bond donors (Lipinski definition) is 1. The molecule has 0 aliphatic heterocycles. The summed E-state index contributed by atoms with van der Waals surface area (Å²) in [5.74, 6) is 1.94. The average Bonchev–Trinajstić information content (AvgIpc) is 2.48. The molecule has 0 aromatic heterocycles. The van der Waals surface area contributed by atoms with E-state index in [1.165, 1.54) is 51.4 Å². The lowest BCUT2D eigenvalue weighted by Crippen LogP contribution is -2.36. The molecule has 2 rings (SSSR count). The minimum Gasteiger partial charge on any atom is -0.311 e. The van der Waals surface area contributed by atoms with E-state index in [1.54, 1.807) is 0 Å². The predicted molar refractivity (Wildman–Crippen MR) is 66.0 cm³/mol. The van der Waals surface area contributed by atoms with Crippen molar-refractivity contribution in [1.29, 1.82) is 0 Å². The quantitative estimate of drug-likeness (QED) is 0.683. The first-order valence-electron chi connectivity index (χ1n) is 7.00. The fourth-order valence-electron chi connectivity index (χ4n) is 3.35. The lowest BCUT2D eigenvalue weighted by molar-refractivity contribution is 0.385. The Bertz CT molecular complexity index is 190. The van der Waals surface area contributed by atoms with Crippen molar-refractivity contribution >= 4 is 0 Å². The third kappa shape index (κ3) is 3.48.